The number of hydrogen-bond acceptors (Lipinski definition) is 2. The zero-order chi connectivity index (χ0) is 12.0. The van der Waals surface area contributed by atoms with Gasteiger partial charge < -0.3 is 10.2 Å². The van der Waals surface area contributed by atoms with Crippen LogP contribution in [0.3, 0.4) is 0 Å². The minimum Gasteiger partial charge on any atom is -0.340 e. The summed E-state index contributed by atoms with van der Waals surface area (Å²) >= 11 is 0. The van der Waals surface area contributed by atoms with Crippen molar-refractivity contribution in [2.45, 2.75) is 19.9 Å². The SMILES string of the molecule is CCc1ccc(CN(C)C(=O)CNC)cc1.Cl. The normalized spacial score (nSPS) is 9.59. The maximum Gasteiger partial charge on any atom is 0.236 e. The van der Waals surface area contributed by atoms with Crippen LogP contribution in [0.4, 0.5) is 0 Å². The average Bonchev–Trinajstić information content (AvgIpc) is 2.30. The predicted molar refractivity (Wildman–Crippen MR) is 73.5 cm³/mol. The van der Waals surface area contributed by atoms with Crippen LogP contribution >= 0.6 is 12.4 Å². The number of benzene rings is 1. The van der Waals surface area contributed by atoms with Gasteiger partial charge in [-0.1, -0.05) is 31.2 Å². The molecule has 1 rings (SSSR count). The van der Waals surface area contributed by atoms with Crippen molar-refractivity contribution in [2.24, 2.45) is 0 Å². The molecule has 0 aliphatic carbocycles. The molecule has 0 fully saturated rings. The monoisotopic (exact) mass is 256 g/mol. The molecule has 0 atom stereocenters. The molecular formula is C13H21ClN2O. The van der Waals surface area contributed by atoms with Gasteiger partial charge in [0.2, 0.25) is 5.91 Å². The summed E-state index contributed by atoms with van der Waals surface area (Å²) in [6.45, 7) is 3.20. The number of carbonyl (C=O) groups excluding carboxylic acids is 1. The molecule has 0 unspecified atom stereocenters. The summed E-state index contributed by atoms with van der Waals surface area (Å²) in [4.78, 5) is 13.3. The molecule has 1 N–H and O–H groups in total. The minimum atomic E-state index is 0. The molecule has 0 saturated carbocycles. The number of amides is 1. The lowest BCUT2D eigenvalue weighted by molar-refractivity contribution is -0.129. The molecule has 0 aliphatic rings. The number of likely N-dealkylation sites (N-methyl/N-ethyl adjacent to an activating group) is 2. The summed E-state index contributed by atoms with van der Waals surface area (Å²) in [5.41, 5.74) is 2.50. The fraction of sp³-hybridized carbons (Fsp3) is 0.462. The lowest BCUT2D eigenvalue weighted by Gasteiger charge is -2.17. The molecule has 17 heavy (non-hydrogen) atoms. The Bertz CT molecular complexity index is 338. The van der Waals surface area contributed by atoms with Gasteiger partial charge in [0, 0.05) is 13.6 Å². The number of aryl methyl sites for hydroxylation is 1. The van der Waals surface area contributed by atoms with Crippen LogP contribution in [0.5, 0.6) is 0 Å². The van der Waals surface area contributed by atoms with Crippen LogP contribution in [0.2, 0.25) is 0 Å². The van der Waals surface area contributed by atoms with E-state index in [0.717, 1.165) is 6.42 Å². The highest BCUT2D eigenvalue weighted by atomic mass is 35.5. The van der Waals surface area contributed by atoms with E-state index in [0.29, 0.717) is 13.1 Å². The van der Waals surface area contributed by atoms with E-state index in [1.54, 1.807) is 11.9 Å². The van der Waals surface area contributed by atoms with E-state index in [1.165, 1.54) is 11.1 Å². The Hall–Kier alpha value is -1.06. The second-order valence-electron chi connectivity index (χ2n) is 3.95. The molecule has 0 aromatic heterocycles. The molecular weight excluding hydrogens is 236 g/mol. The van der Waals surface area contributed by atoms with E-state index in [1.807, 2.05) is 7.05 Å². The van der Waals surface area contributed by atoms with Gasteiger partial charge in [0.25, 0.3) is 0 Å². The first-order chi connectivity index (χ1) is 7.67. The van der Waals surface area contributed by atoms with Crippen molar-refractivity contribution in [3.05, 3.63) is 35.4 Å². The van der Waals surface area contributed by atoms with Crippen LogP contribution in [0, 0.1) is 0 Å². The van der Waals surface area contributed by atoms with Crippen LogP contribution < -0.4 is 5.32 Å². The van der Waals surface area contributed by atoms with Crippen molar-refractivity contribution in [3.8, 4) is 0 Å². The number of halogens is 1. The highest BCUT2D eigenvalue weighted by molar-refractivity contribution is 5.85. The summed E-state index contributed by atoms with van der Waals surface area (Å²) in [6, 6.07) is 8.40. The summed E-state index contributed by atoms with van der Waals surface area (Å²) in [6.07, 6.45) is 1.05. The topological polar surface area (TPSA) is 32.3 Å². The fourth-order valence-corrected chi connectivity index (χ4v) is 1.53. The molecule has 3 nitrogen and oxygen atoms in total. The Morgan fingerprint density at radius 2 is 1.76 bits per heavy atom. The number of carbonyl (C=O) groups is 1. The number of nitrogens with zero attached hydrogens (tertiary/aromatic N) is 1. The number of hydrogen-bond donors (Lipinski definition) is 1. The highest BCUT2D eigenvalue weighted by Gasteiger charge is 2.07. The second kappa shape index (κ2) is 8.09. The molecule has 1 aromatic carbocycles. The van der Waals surface area contributed by atoms with Crippen molar-refractivity contribution in [1.29, 1.82) is 0 Å². The highest BCUT2D eigenvalue weighted by Crippen LogP contribution is 2.07. The van der Waals surface area contributed by atoms with Crippen LogP contribution in [-0.4, -0.2) is 31.4 Å². The first-order valence-corrected chi connectivity index (χ1v) is 5.63. The molecule has 0 saturated heterocycles. The maximum absolute atomic E-state index is 11.5. The molecule has 0 spiro atoms. The minimum absolute atomic E-state index is 0. The molecule has 0 radical (unpaired) electrons. The van der Waals surface area contributed by atoms with E-state index in [4.69, 9.17) is 0 Å². The van der Waals surface area contributed by atoms with Gasteiger partial charge in [-0.15, -0.1) is 12.4 Å². The summed E-state index contributed by atoms with van der Waals surface area (Å²) < 4.78 is 0. The first kappa shape index (κ1) is 15.9. The third kappa shape index (κ3) is 5.20. The summed E-state index contributed by atoms with van der Waals surface area (Å²) in [5.74, 6) is 0.113. The molecule has 4 heteroatoms. The quantitative estimate of drug-likeness (QED) is 0.872. The number of nitrogens with one attached hydrogen (secondary N) is 1. The average molecular weight is 257 g/mol. The third-order valence-corrected chi connectivity index (χ3v) is 2.60. The maximum atomic E-state index is 11.5. The largest absolute Gasteiger partial charge is 0.340 e. The zero-order valence-corrected chi connectivity index (χ0v) is 11.5. The van der Waals surface area contributed by atoms with Crippen LogP contribution in [0.25, 0.3) is 0 Å². The van der Waals surface area contributed by atoms with Gasteiger partial charge in [-0.05, 0) is 24.6 Å². The molecule has 96 valence electrons. The predicted octanol–water partition coefficient (Wildman–Crippen LogP) is 1.85. The zero-order valence-electron chi connectivity index (χ0n) is 10.7. The van der Waals surface area contributed by atoms with Crippen molar-refractivity contribution in [1.82, 2.24) is 10.2 Å². The van der Waals surface area contributed by atoms with Crippen molar-refractivity contribution >= 4 is 18.3 Å². The fourth-order valence-electron chi connectivity index (χ4n) is 1.53. The van der Waals surface area contributed by atoms with E-state index < -0.39 is 0 Å². The van der Waals surface area contributed by atoms with Crippen LogP contribution in [-0.2, 0) is 17.8 Å². The Morgan fingerprint density at radius 1 is 1.24 bits per heavy atom. The van der Waals surface area contributed by atoms with E-state index >= 15 is 0 Å². The van der Waals surface area contributed by atoms with E-state index in [9.17, 15) is 4.79 Å². The van der Waals surface area contributed by atoms with Gasteiger partial charge in [-0.3, -0.25) is 4.79 Å². The Balaban J connectivity index is 0.00000256. The Morgan fingerprint density at radius 3 is 2.24 bits per heavy atom. The molecule has 0 aliphatic heterocycles. The van der Waals surface area contributed by atoms with E-state index in [2.05, 4.69) is 36.5 Å². The summed E-state index contributed by atoms with van der Waals surface area (Å²) in [7, 11) is 3.61. The van der Waals surface area contributed by atoms with Gasteiger partial charge >= 0.3 is 0 Å². The Kier molecular flexibility index (Phi) is 7.59. The first-order valence-electron chi connectivity index (χ1n) is 5.63. The van der Waals surface area contributed by atoms with Gasteiger partial charge in [0.1, 0.15) is 0 Å². The van der Waals surface area contributed by atoms with Gasteiger partial charge in [-0.2, -0.15) is 0 Å². The lowest BCUT2D eigenvalue weighted by atomic mass is 10.1. The van der Waals surface area contributed by atoms with Crippen LogP contribution in [0.15, 0.2) is 24.3 Å². The third-order valence-electron chi connectivity index (χ3n) is 2.60. The van der Waals surface area contributed by atoms with Crippen molar-refractivity contribution in [2.75, 3.05) is 20.6 Å². The lowest BCUT2D eigenvalue weighted by Crippen LogP contribution is -2.33. The van der Waals surface area contributed by atoms with Gasteiger partial charge in [-0.25, -0.2) is 0 Å². The van der Waals surface area contributed by atoms with Gasteiger partial charge in [0.05, 0.1) is 6.54 Å². The summed E-state index contributed by atoms with van der Waals surface area (Å²) in [5, 5.41) is 2.86. The van der Waals surface area contributed by atoms with Crippen LogP contribution in [0.1, 0.15) is 18.1 Å². The standard InChI is InChI=1S/C13H20N2O.ClH/c1-4-11-5-7-12(8-6-11)10-15(3)13(16)9-14-2;/h5-8,14H,4,9-10H2,1-3H3;1H. The smallest absolute Gasteiger partial charge is 0.236 e. The number of rotatable bonds is 5. The Labute approximate surface area is 110 Å². The molecule has 0 heterocycles. The molecule has 0 bridgehead atoms. The van der Waals surface area contributed by atoms with Crippen molar-refractivity contribution in [3.63, 3.8) is 0 Å². The molecule has 1 aromatic rings. The molecule has 1 amide bonds. The van der Waals surface area contributed by atoms with Gasteiger partial charge in [0.15, 0.2) is 0 Å². The van der Waals surface area contributed by atoms with Crippen molar-refractivity contribution < 1.29 is 4.79 Å². The second-order valence-corrected chi connectivity index (χ2v) is 3.95. The van der Waals surface area contributed by atoms with E-state index in [-0.39, 0.29) is 18.3 Å².